The molecule has 4 nitrogen and oxygen atoms in total. The summed E-state index contributed by atoms with van der Waals surface area (Å²) in [5.74, 6) is -0.300. The van der Waals surface area contributed by atoms with E-state index in [0.717, 1.165) is 17.7 Å². The molecule has 2 atom stereocenters. The van der Waals surface area contributed by atoms with Crippen molar-refractivity contribution in [2.24, 2.45) is 0 Å². The first-order chi connectivity index (χ1) is 13.3. The fourth-order valence-corrected chi connectivity index (χ4v) is 3.74. The fourth-order valence-electron chi connectivity index (χ4n) is 3.74. The number of halogens is 3. The number of hydrogen-bond acceptors (Lipinski definition) is 3. The van der Waals surface area contributed by atoms with Crippen LogP contribution >= 0.6 is 0 Å². The highest BCUT2D eigenvalue weighted by atomic mass is 19.4. The monoisotopic (exact) mass is 393 g/mol. The third kappa shape index (κ3) is 4.30. The lowest BCUT2D eigenvalue weighted by atomic mass is 9.94. The minimum atomic E-state index is -4.46. The fraction of sp³-hybridized carbons (Fsp3) is 0.381. The van der Waals surface area contributed by atoms with Crippen molar-refractivity contribution < 1.29 is 27.8 Å². The Morgan fingerprint density at radius 3 is 2.54 bits per heavy atom. The van der Waals surface area contributed by atoms with Gasteiger partial charge in [0.15, 0.2) is 0 Å². The second-order valence-corrected chi connectivity index (χ2v) is 6.76. The first-order valence-electron chi connectivity index (χ1n) is 9.19. The molecular formula is C21H22F3NO3. The highest BCUT2D eigenvalue weighted by Gasteiger charge is 2.38. The first kappa shape index (κ1) is 20.2. The van der Waals surface area contributed by atoms with E-state index in [-0.39, 0.29) is 0 Å². The van der Waals surface area contributed by atoms with E-state index in [4.69, 9.17) is 4.74 Å². The number of carboxylic acid groups (broad SMARTS) is 1. The highest BCUT2D eigenvalue weighted by molar-refractivity contribution is 5.74. The van der Waals surface area contributed by atoms with Gasteiger partial charge in [0.25, 0.3) is 0 Å². The van der Waals surface area contributed by atoms with Crippen molar-refractivity contribution in [3.8, 4) is 5.75 Å². The van der Waals surface area contributed by atoms with E-state index in [1.165, 1.54) is 6.07 Å². The summed E-state index contributed by atoms with van der Waals surface area (Å²) in [7, 11) is 0. The molecule has 3 rings (SSSR count). The van der Waals surface area contributed by atoms with Crippen LogP contribution in [0.25, 0.3) is 0 Å². The number of nitrogens with zero attached hydrogens (tertiary/aromatic N) is 1. The van der Waals surface area contributed by atoms with Gasteiger partial charge in [-0.05, 0) is 55.2 Å². The van der Waals surface area contributed by atoms with Gasteiger partial charge < -0.3 is 9.84 Å². The number of rotatable bonds is 6. The Morgan fingerprint density at radius 2 is 1.93 bits per heavy atom. The van der Waals surface area contributed by atoms with Crippen LogP contribution in [-0.2, 0) is 11.0 Å². The quantitative estimate of drug-likeness (QED) is 0.770. The summed E-state index contributed by atoms with van der Waals surface area (Å²) in [4.78, 5) is 13.5. The third-order valence-electron chi connectivity index (χ3n) is 4.95. The van der Waals surface area contributed by atoms with E-state index in [1.54, 1.807) is 35.2 Å². The second kappa shape index (κ2) is 8.22. The molecule has 0 aromatic heterocycles. The molecule has 1 heterocycles. The third-order valence-corrected chi connectivity index (χ3v) is 4.95. The first-order valence-corrected chi connectivity index (χ1v) is 9.19. The van der Waals surface area contributed by atoms with Crippen molar-refractivity contribution in [1.29, 1.82) is 0 Å². The molecule has 0 radical (unpaired) electrons. The Morgan fingerprint density at radius 1 is 1.21 bits per heavy atom. The van der Waals surface area contributed by atoms with Gasteiger partial charge in [-0.1, -0.05) is 24.3 Å². The zero-order chi connectivity index (χ0) is 20.3. The molecule has 0 bridgehead atoms. The lowest BCUT2D eigenvalue weighted by Gasteiger charge is -2.32. The van der Waals surface area contributed by atoms with Crippen LogP contribution in [0.5, 0.6) is 5.75 Å². The Hall–Kier alpha value is -2.54. The van der Waals surface area contributed by atoms with Crippen molar-refractivity contribution in [1.82, 2.24) is 4.90 Å². The molecule has 0 amide bonds. The zero-order valence-corrected chi connectivity index (χ0v) is 15.4. The normalized spacial score (nSPS) is 18.8. The molecular weight excluding hydrogens is 371 g/mol. The molecule has 0 aliphatic carbocycles. The molecule has 1 fully saturated rings. The Balaban J connectivity index is 2.06. The predicted molar refractivity (Wildman–Crippen MR) is 98.3 cm³/mol. The van der Waals surface area contributed by atoms with E-state index in [9.17, 15) is 23.1 Å². The summed E-state index contributed by atoms with van der Waals surface area (Å²) >= 11 is 0. The van der Waals surface area contributed by atoms with Crippen LogP contribution in [0.15, 0.2) is 48.5 Å². The summed E-state index contributed by atoms with van der Waals surface area (Å²) < 4.78 is 45.1. The minimum absolute atomic E-state index is 0.423. The molecule has 1 aliphatic heterocycles. The average Bonchev–Trinajstić information content (AvgIpc) is 3.13. The summed E-state index contributed by atoms with van der Waals surface area (Å²) in [6.07, 6.45) is -3.30. The Kier molecular flexibility index (Phi) is 5.93. The summed E-state index contributed by atoms with van der Waals surface area (Å²) in [5.41, 5.74) is 0.412. The minimum Gasteiger partial charge on any atom is -0.494 e. The van der Waals surface area contributed by atoms with E-state index >= 15 is 0 Å². The number of carboxylic acids is 1. The molecule has 1 saturated heterocycles. The molecule has 0 spiro atoms. The molecule has 2 unspecified atom stereocenters. The second-order valence-electron chi connectivity index (χ2n) is 6.76. The molecule has 2 aromatic rings. The standard InChI is InChI=1S/C21H22F3NO3/c1-2-28-17-10-8-14(9-11-17)19(25-12-4-7-18(25)20(26)27)15-5-3-6-16(13-15)21(22,23)24/h3,5-6,8-11,13,18-19H,2,4,7,12H2,1H3,(H,26,27). The number of benzene rings is 2. The molecule has 7 heteroatoms. The highest BCUT2D eigenvalue weighted by Crippen LogP contribution is 2.38. The number of likely N-dealkylation sites (tertiary alicyclic amines) is 1. The lowest BCUT2D eigenvalue weighted by molar-refractivity contribution is -0.143. The van der Waals surface area contributed by atoms with Gasteiger partial charge >= 0.3 is 12.1 Å². The molecule has 2 aromatic carbocycles. The molecule has 1 aliphatic rings. The maximum absolute atomic E-state index is 13.2. The van der Waals surface area contributed by atoms with Crippen LogP contribution in [0.2, 0.25) is 0 Å². The van der Waals surface area contributed by atoms with E-state index < -0.39 is 29.8 Å². The largest absolute Gasteiger partial charge is 0.494 e. The van der Waals surface area contributed by atoms with Gasteiger partial charge in [0.05, 0.1) is 18.2 Å². The van der Waals surface area contributed by atoms with Gasteiger partial charge in [0, 0.05) is 6.54 Å². The topological polar surface area (TPSA) is 49.8 Å². The molecule has 1 N–H and O–H groups in total. The Labute approximate surface area is 161 Å². The van der Waals surface area contributed by atoms with Crippen LogP contribution in [0.1, 0.15) is 42.5 Å². The van der Waals surface area contributed by atoms with Crippen molar-refractivity contribution in [2.75, 3.05) is 13.2 Å². The van der Waals surface area contributed by atoms with Gasteiger partial charge in [-0.2, -0.15) is 13.2 Å². The molecule has 0 saturated carbocycles. The molecule has 28 heavy (non-hydrogen) atoms. The van der Waals surface area contributed by atoms with Gasteiger partial charge in [-0.15, -0.1) is 0 Å². The van der Waals surface area contributed by atoms with Crippen LogP contribution in [-0.4, -0.2) is 35.2 Å². The van der Waals surface area contributed by atoms with Crippen LogP contribution in [0.4, 0.5) is 13.2 Å². The van der Waals surface area contributed by atoms with Crippen LogP contribution in [0.3, 0.4) is 0 Å². The lowest BCUT2D eigenvalue weighted by Crippen LogP contribution is -2.39. The van der Waals surface area contributed by atoms with Gasteiger partial charge in [-0.3, -0.25) is 9.69 Å². The number of hydrogen-bond donors (Lipinski definition) is 1. The average molecular weight is 393 g/mol. The van der Waals surface area contributed by atoms with E-state index in [0.29, 0.717) is 37.3 Å². The van der Waals surface area contributed by atoms with Gasteiger partial charge in [0.2, 0.25) is 0 Å². The SMILES string of the molecule is CCOc1ccc(C(c2cccc(C(F)(F)F)c2)N2CCCC2C(=O)O)cc1. The summed E-state index contributed by atoms with van der Waals surface area (Å²) in [6.45, 7) is 2.87. The predicted octanol–water partition coefficient (Wildman–Crippen LogP) is 4.74. The maximum Gasteiger partial charge on any atom is 0.416 e. The van der Waals surface area contributed by atoms with E-state index in [1.807, 2.05) is 6.92 Å². The summed E-state index contributed by atoms with van der Waals surface area (Å²) in [6, 6.07) is 10.9. The van der Waals surface area contributed by atoms with Crippen molar-refractivity contribution in [3.05, 3.63) is 65.2 Å². The Bertz CT molecular complexity index is 820. The molecule has 150 valence electrons. The number of alkyl halides is 3. The zero-order valence-electron chi connectivity index (χ0n) is 15.4. The van der Waals surface area contributed by atoms with Gasteiger partial charge in [0.1, 0.15) is 11.8 Å². The van der Waals surface area contributed by atoms with Crippen molar-refractivity contribution >= 4 is 5.97 Å². The number of carbonyl (C=O) groups is 1. The number of aliphatic carboxylic acids is 1. The van der Waals surface area contributed by atoms with Crippen molar-refractivity contribution in [2.45, 2.75) is 38.0 Å². The smallest absolute Gasteiger partial charge is 0.416 e. The van der Waals surface area contributed by atoms with E-state index in [2.05, 4.69) is 0 Å². The summed E-state index contributed by atoms with van der Waals surface area (Å²) in [5, 5.41) is 9.58. The van der Waals surface area contributed by atoms with Crippen molar-refractivity contribution in [3.63, 3.8) is 0 Å². The van der Waals surface area contributed by atoms with Gasteiger partial charge in [-0.25, -0.2) is 0 Å². The van der Waals surface area contributed by atoms with Crippen LogP contribution < -0.4 is 4.74 Å². The van der Waals surface area contributed by atoms with Crippen LogP contribution in [0, 0.1) is 0 Å². The maximum atomic E-state index is 13.2. The number of ether oxygens (including phenoxy) is 1.